The molecule has 0 atom stereocenters. The number of nitrogens with zero attached hydrogens (tertiary/aromatic N) is 3. The molecule has 1 aromatic carbocycles. The molecule has 0 spiro atoms. The SMILES string of the molecule is Nc1n[nH]c(=S)n1-c1ccc2ncsc2c1. The summed E-state index contributed by atoms with van der Waals surface area (Å²) in [5.74, 6) is 0.355. The van der Waals surface area contributed by atoms with Crippen molar-refractivity contribution in [1.82, 2.24) is 19.7 Å². The molecule has 0 amide bonds. The van der Waals surface area contributed by atoms with Gasteiger partial charge in [-0.25, -0.2) is 10.1 Å². The number of aromatic nitrogens is 4. The van der Waals surface area contributed by atoms with Crippen LogP contribution in [0.15, 0.2) is 23.7 Å². The van der Waals surface area contributed by atoms with Crippen molar-refractivity contribution in [3.05, 3.63) is 28.5 Å². The monoisotopic (exact) mass is 249 g/mol. The van der Waals surface area contributed by atoms with Gasteiger partial charge in [0.25, 0.3) is 0 Å². The van der Waals surface area contributed by atoms with E-state index >= 15 is 0 Å². The van der Waals surface area contributed by atoms with Gasteiger partial charge in [0.2, 0.25) is 10.7 Å². The highest BCUT2D eigenvalue weighted by atomic mass is 32.1. The van der Waals surface area contributed by atoms with Crippen LogP contribution in [0.5, 0.6) is 0 Å². The Hall–Kier alpha value is -1.73. The Bertz CT molecular complexity index is 708. The van der Waals surface area contributed by atoms with E-state index in [9.17, 15) is 0 Å². The molecular formula is C9H7N5S2. The van der Waals surface area contributed by atoms with E-state index in [-0.39, 0.29) is 0 Å². The zero-order valence-corrected chi connectivity index (χ0v) is 9.68. The van der Waals surface area contributed by atoms with Crippen LogP contribution >= 0.6 is 23.6 Å². The standard InChI is InChI=1S/C9H7N5S2/c10-8-12-13-9(15)14(8)5-1-2-6-7(3-5)16-4-11-6/h1-4H,(H2,10,12)(H,13,15). The van der Waals surface area contributed by atoms with E-state index < -0.39 is 0 Å². The molecule has 0 bridgehead atoms. The lowest BCUT2D eigenvalue weighted by molar-refractivity contribution is 1.04. The second-order valence-electron chi connectivity index (χ2n) is 3.23. The van der Waals surface area contributed by atoms with Gasteiger partial charge >= 0.3 is 0 Å². The minimum atomic E-state index is 0.355. The Kier molecular flexibility index (Phi) is 2.01. The first-order valence-electron chi connectivity index (χ1n) is 4.52. The van der Waals surface area contributed by atoms with Gasteiger partial charge in [-0.15, -0.1) is 16.4 Å². The summed E-state index contributed by atoms with van der Waals surface area (Å²) in [6, 6.07) is 5.85. The van der Waals surface area contributed by atoms with Crippen LogP contribution in [0.25, 0.3) is 15.9 Å². The van der Waals surface area contributed by atoms with Crippen LogP contribution in [0.4, 0.5) is 5.95 Å². The summed E-state index contributed by atoms with van der Waals surface area (Å²) >= 11 is 6.69. The van der Waals surface area contributed by atoms with Crippen molar-refractivity contribution in [2.24, 2.45) is 0 Å². The Morgan fingerprint density at radius 3 is 3.06 bits per heavy atom. The molecule has 0 saturated carbocycles. The summed E-state index contributed by atoms with van der Waals surface area (Å²) in [6.45, 7) is 0. The Morgan fingerprint density at radius 1 is 1.44 bits per heavy atom. The molecule has 2 aromatic heterocycles. The van der Waals surface area contributed by atoms with Gasteiger partial charge < -0.3 is 5.73 Å². The third-order valence-corrected chi connectivity index (χ3v) is 3.34. The number of thiazole rings is 1. The van der Waals surface area contributed by atoms with Crippen molar-refractivity contribution in [3.63, 3.8) is 0 Å². The Balaban J connectivity index is 2.30. The molecule has 3 aromatic rings. The summed E-state index contributed by atoms with van der Waals surface area (Å²) in [4.78, 5) is 4.21. The predicted octanol–water partition coefficient (Wildman–Crippen LogP) is 2.12. The van der Waals surface area contributed by atoms with Crippen LogP contribution < -0.4 is 5.73 Å². The first-order valence-corrected chi connectivity index (χ1v) is 5.81. The number of nitrogen functional groups attached to an aromatic ring is 1. The van der Waals surface area contributed by atoms with Gasteiger partial charge in [0.05, 0.1) is 21.4 Å². The number of fused-ring (bicyclic) bond motifs is 1. The van der Waals surface area contributed by atoms with Crippen LogP contribution in [0, 0.1) is 4.77 Å². The molecule has 0 aliphatic rings. The number of rotatable bonds is 1. The van der Waals surface area contributed by atoms with Crippen molar-refractivity contribution < 1.29 is 0 Å². The van der Waals surface area contributed by atoms with Gasteiger partial charge in [-0.05, 0) is 30.4 Å². The molecule has 0 radical (unpaired) electrons. The fourth-order valence-corrected chi connectivity index (χ4v) is 2.50. The maximum Gasteiger partial charge on any atom is 0.225 e. The molecule has 7 heteroatoms. The van der Waals surface area contributed by atoms with Gasteiger partial charge in [-0.3, -0.25) is 4.57 Å². The third-order valence-electron chi connectivity index (χ3n) is 2.27. The molecule has 80 valence electrons. The number of hydrogen-bond donors (Lipinski definition) is 2. The van der Waals surface area contributed by atoms with Crippen LogP contribution in [0.2, 0.25) is 0 Å². The lowest BCUT2D eigenvalue weighted by Crippen LogP contribution is -2.00. The van der Waals surface area contributed by atoms with E-state index in [0.29, 0.717) is 10.7 Å². The number of nitrogens with two attached hydrogens (primary N) is 1. The summed E-state index contributed by atoms with van der Waals surface area (Å²) in [7, 11) is 0. The van der Waals surface area contributed by atoms with Crippen molar-refractivity contribution in [1.29, 1.82) is 0 Å². The molecule has 0 aliphatic carbocycles. The van der Waals surface area contributed by atoms with Crippen molar-refractivity contribution in [2.45, 2.75) is 0 Å². The highest BCUT2D eigenvalue weighted by Crippen LogP contribution is 2.22. The largest absolute Gasteiger partial charge is 0.368 e. The molecule has 0 saturated heterocycles. The first-order chi connectivity index (χ1) is 7.75. The molecule has 3 rings (SSSR count). The maximum atomic E-state index is 5.73. The molecule has 0 unspecified atom stereocenters. The molecule has 5 nitrogen and oxygen atoms in total. The summed E-state index contributed by atoms with van der Waals surface area (Å²) in [6.07, 6.45) is 0. The number of hydrogen-bond acceptors (Lipinski definition) is 5. The highest BCUT2D eigenvalue weighted by Gasteiger charge is 2.06. The van der Waals surface area contributed by atoms with Crippen LogP contribution in [0.3, 0.4) is 0 Å². The normalized spacial score (nSPS) is 11.0. The van der Waals surface area contributed by atoms with E-state index in [1.54, 1.807) is 15.9 Å². The van der Waals surface area contributed by atoms with E-state index in [4.69, 9.17) is 18.0 Å². The predicted molar refractivity (Wildman–Crippen MR) is 66.3 cm³/mol. The number of anilines is 1. The van der Waals surface area contributed by atoms with Gasteiger partial charge in [0.15, 0.2) is 0 Å². The topological polar surface area (TPSA) is 72.5 Å². The molecular weight excluding hydrogens is 242 g/mol. The maximum absolute atomic E-state index is 5.73. The summed E-state index contributed by atoms with van der Waals surface area (Å²) in [5, 5.41) is 6.53. The lowest BCUT2D eigenvalue weighted by atomic mass is 10.3. The van der Waals surface area contributed by atoms with Gasteiger partial charge in [0.1, 0.15) is 0 Å². The van der Waals surface area contributed by atoms with Crippen molar-refractivity contribution in [2.75, 3.05) is 5.73 Å². The average Bonchev–Trinajstić information content (AvgIpc) is 2.85. The smallest absolute Gasteiger partial charge is 0.225 e. The summed E-state index contributed by atoms with van der Waals surface area (Å²) in [5.41, 5.74) is 9.42. The zero-order valence-electron chi connectivity index (χ0n) is 8.04. The van der Waals surface area contributed by atoms with Gasteiger partial charge in [-0.2, -0.15) is 0 Å². The zero-order chi connectivity index (χ0) is 11.1. The van der Waals surface area contributed by atoms with Gasteiger partial charge in [0, 0.05) is 0 Å². The number of H-pyrrole nitrogens is 1. The lowest BCUT2D eigenvalue weighted by Gasteiger charge is -2.02. The average molecular weight is 249 g/mol. The third kappa shape index (κ3) is 1.33. The number of benzene rings is 1. The Morgan fingerprint density at radius 2 is 2.31 bits per heavy atom. The second kappa shape index (κ2) is 3.39. The quantitative estimate of drug-likeness (QED) is 0.648. The van der Waals surface area contributed by atoms with Gasteiger partial charge in [-0.1, -0.05) is 0 Å². The molecule has 0 aliphatic heterocycles. The van der Waals surface area contributed by atoms with Crippen molar-refractivity contribution in [3.8, 4) is 5.69 Å². The minimum Gasteiger partial charge on any atom is -0.368 e. The first kappa shape index (κ1) is 9.49. The van der Waals surface area contributed by atoms with E-state index in [1.165, 1.54) is 0 Å². The molecule has 0 fully saturated rings. The Labute approximate surface area is 99.6 Å². The van der Waals surface area contributed by atoms with Crippen LogP contribution in [0.1, 0.15) is 0 Å². The van der Waals surface area contributed by atoms with E-state index in [1.807, 2.05) is 23.7 Å². The second-order valence-corrected chi connectivity index (χ2v) is 4.50. The van der Waals surface area contributed by atoms with E-state index in [0.717, 1.165) is 15.9 Å². The van der Waals surface area contributed by atoms with Crippen LogP contribution in [-0.4, -0.2) is 19.7 Å². The molecule has 16 heavy (non-hydrogen) atoms. The molecule has 3 N–H and O–H groups in total. The fraction of sp³-hybridized carbons (Fsp3) is 0. The summed E-state index contributed by atoms with van der Waals surface area (Å²) < 4.78 is 3.27. The molecule has 2 heterocycles. The van der Waals surface area contributed by atoms with Crippen molar-refractivity contribution >= 4 is 39.7 Å². The van der Waals surface area contributed by atoms with E-state index in [2.05, 4.69) is 15.2 Å². The number of aromatic amines is 1. The fourth-order valence-electron chi connectivity index (χ4n) is 1.54. The van der Waals surface area contributed by atoms with Crippen LogP contribution in [-0.2, 0) is 0 Å². The highest BCUT2D eigenvalue weighted by molar-refractivity contribution is 7.71. The minimum absolute atomic E-state index is 0.355. The number of nitrogens with one attached hydrogen (secondary N) is 1.